The highest BCUT2D eigenvalue weighted by molar-refractivity contribution is 5.54. The van der Waals surface area contributed by atoms with Gasteiger partial charge < -0.3 is 4.57 Å². The summed E-state index contributed by atoms with van der Waals surface area (Å²) in [6.45, 7) is 0.277. The fourth-order valence-corrected chi connectivity index (χ4v) is 3.32. The van der Waals surface area contributed by atoms with E-state index in [0.29, 0.717) is 17.0 Å². The summed E-state index contributed by atoms with van der Waals surface area (Å²) in [6, 6.07) is 3.86. The molecule has 0 bridgehead atoms. The van der Waals surface area contributed by atoms with Crippen LogP contribution in [0.5, 0.6) is 0 Å². The first-order valence-electron chi connectivity index (χ1n) is 9.06. The quantitative estimate of drug-likeness (QED) is 0.550. The van der Waals surface area contributed by atoms with Gasteiger partial charge in [0.1, 0.15) is 23.4 Å². The van der Waals surface area contributed by atoms with Gasteiger partial charge in [0.05, 0.1) is 18.1 Å². The summed E-state index contributed by atoms with van der Waals surface area (Å²) < 4.78 is 68.7. The van der Waals surface area contributed by atoms with Crippen molar-refractivity contribution in [1.82, 2.24) is 30.9 Å². The number of hydrogen-bond acceptors (Lipinski definition) is 5. The van der Waals surface area contributed by atoms with E-state index in [1.807, 2.05) is 0 Å². The van der Waals surface area contributed by atoms with Crippen molar-refractivity contribution in [3.05, 3.63) is 71.8 Å². The SMILES string of the molecule is Fc1cccc(F)c1CCn1cnc(-c2cc(C3NNNC3C(F)(F)F)ccn2)c1. The first-order chi connectivity index (χ1) is 14.3. The summed E-state index contributed by atoms with van der Waals surface area (Å²) >= 11 is 0. The van der Waals surface area contributed by atoms with E-state index >= 15 is 0 Å². The molecular formula is C19H17F5N6. The number of pyridine rings is 1. The van der Waals surface area contributed by atoms with Gasteiger partial charge in [-0.15, -0.1) is 0 Å². The maximum absolute atomic E-state index is 13.8. The minimum absolute atomic E-state index is 0.0154. The van der Waals surface area contributed by atoms with Crippen molar-refractivity contribution in [3.63, 3.8) is 0 Å². The van der Waals surface area contributed by atoms with Gasteiger partial charge in [-0.25, -0.2) is 24.6 Å². The van der Waals surface area contributed by atoms with Crippen LogP contribution < -0.4 is 16.4 Å². The Bertz CT molecular complexity index is 1010. The Morgan fingerprint density at radius 1 is 1.00 bits per heavy atom. The van der Waals surface area contributed by atoms with Crippen molar-refractivity contribution in [2.45, 2.75) is 31.2 Å². The standard InChI is InChI=1S/C19H17F5N6/c20-13-2-1-3-14(21)12(13)5-7-30-9-16(26-10-30)15-8-11(4-6-25-15)17-18(19(22,23)24)28-29-27-17/h1-4,6,8-10,17-18,27-29H,5,7H2. The third-order valence-electron chi connectivity index (χ3n) is 4.86. The molecule has 2 aromatic heterocycles. The first kappa shape index (κ1) is 20.4. The molecule has 1 aliphatic rings. The fourth-order valence-electron chi connectivity index (χ4n) is 3.32. The van der Waals surface area contributed by atoms with Crippen molar-refractivity contribution in [2.24, 2.45) is 0 Å². The number of benzene rings is 1. The largest absolute Gasteiger partial charge is 0.407 e. The van der Waals surface area contributed by atoms with E-state index < -0.39 is 29.9 Å². The van der Waals surface area contributed by atoms with Gasteiger partial charge in [-0.05, 0) is 36.2 Å². The lowest BCUT2D eigenvalue weighted by molar-refractivity contribution is -0.156. The Hall–Kier alpha value is -2.89. The van der Waals surface area contributed by atoms with E-state index in [2.05, 4.69) is 26.4 Å². The number of hydrogen-bond donors (Lipinski definition) is 3. The third-order valence-corrected chi connectivity index (χ3v) is 4.86. The van der Waals surface area contributed by atoms with Gasteiger partial charge in [-0.2, -0.15) is 18.7 Å². The smallest absolute Gasteiger partial charge is 0.336 e. The normalized spacial score (nSPS) is 19.4. The van der Waals surface area contributed by atoms with Gasteiger partial charge in [0.2, 0.25) is 0 Å². The van der Waals surface area contributed by atoms with E-state index in [-0.39, 0.29) is 18.5 Å². The zero-order valence-corrected chi connectivity index (χ0v) is 15.4. The summed E-state index contributed by atoms with van der Waals surface area (Å²) in [5, 5.41) is 0. The average molecular weight is 424 g/mol. The summed E-state index contributed by atoms with van der Waals surface area (Å²) in [6.07, 6.45) is 0.195. The van der Waals surface area contributed by atoms with Crippen LogP contribution in [-0.2, 0) is 13.0 Å². The fraction of sp³-hybridized carbons (Fsp3) is 0.263. The molecule has 0 radical (unpaired) electrons. The van der Waals surface area contributed by atoms with E-state index in [1.54, 1.807) is 10.8 Å². The number of halogens is 5. The highest BCUT2D eigenvalue weighted by Gasteiger charge is 2.48. The predicted molar refractivity (Wildman–Crippen MR) is 97.5 cm³/mol. The second kappa shape index (κ2) is 8.09. The van der Waals surface area contributed by atoms with E-state index in [1.165, 1.54) is 42.9 Å². The van der Waals surface area contributed by atoms with Crippen LogP contribution in [0.15, 0.2) is 49.1 Å². The molecule has 0 saturated carbocycles. The molecule has 4 rings (SSSR count). The molecule has 2 atom stereocenters. The molecule has 0 spiro atoms. The number of alkyl halides is 3. The van der Waals surface area contributed by atoms with Crippen LogP contribution in [0.2, 0.25) is 0 Å². The minimum atomic E-state index is -4.45. The highest BCUT2D eigenvalue weighted by atomic mass is 19.4. The van der Waals surface area contributed by atoms with Crippen LogP contribution in [0.3, 0.4) is 0 Å². The van der Waals surface area contributed by atoms with Gasteiger partial charge in [0.25, 0.3) is 0 Å². The summed E-state index contributed by atoms with van der Waals surface area (Å²) in [7, 11) is 0. The van der Waals surface area contributed by atoms with Crippen LogP contribution in [0.1, 0.15) is 17.2 Å². The third kappa shape index (κ3) is 4.18. The second-order valence-electron chi connectivity index (χ2n) is 6.83. The number of rotatable bonds is 5. The molecule has 3 N–H and O–H groups in total. The molecule has 1 saturated heterocycles. The molecule has 11 heteroatoms. The summed E-state index contributed by atoms with van der Waals surface area (Å²) in [5.74, 6) is -1.23. The molecule has 6 nitrogen and oxygen atoms in total. The Balaban J connectivity index is 1.51. The maximum atomic E-state index is 13.8. The molecule has 1 fully saturated rings. The zero-order valence-electron chi connectivity index (χ0n) is 15.4. The first-order valence-corrected chi connectivity index (χ1v) is 9.06. The van der Waals surface area contributed by atoms with Crippen LogP contribution in [-0.4, -0.2) is 26.8 Å². The Labute approximate surface area is 168 Å². The van der Waals surface area contributed by atoms with Crippen molar-refractivity contribution in [2.75, 3.05) is 0 Å². The Morgan fingerprint density at radius 2 is 1.77 bits per heavy atom. The van der Waals surface area contributed by atoms with Gasteiger partial charge in [-0.1, -0.05) is 6.07 Å². The molecule has 30 heavy (non-hydrogen) atoms. The second-order valence-corrected chi connectivity index (χ2v) is 6.83. The predicted octanol–water partition coefficient (Wildman–Crippen LogP) is 3.05. The van der Waals surface area contributed by atoms with Gasteiger partial charge in [0, 0.05) is 24.5 Å². The van der Waals surface area contributed by atoms with E-state index in [4.69, 9.17) is 0 Å². The lowest BCUT2D eigenvalue weighted by Gasteiger charge is -2.21. The molecule has 3 heterocycles. The number of nitrogens with zero attached hydrogens (tertiary/aromatic N) is 3. The Kier molecular flexibility index (Phi) is 5.50. The molecule has 0 amide bonds. The van der Waals surface area contributed by atoms with Gasteiger partial charge in [0.15, 0.2) is 0 Å². The monoisotopic (exact) mass is 424 g/mol. The minimum Gasteiger partial charge on any atom is -0.336 e. The summed E-state index contributed by atoms with van der Waals surface area (Å²) in [4.78, 5) is 8.40. The average Bonchev–Trinajstić information content (AvgIpc) is 3.37. The molecule has 1 aliphatic heterocycles. The van der Waals surface area contributed by atoms with Crippen LogP contribution in [0, 0.1) is 11.6 Å². The number of nitrogens with one attached hydrogen (secondary N) is 3. The molecule has 2 unspecified atom stereocenters. The number of aromatic nitrogens is 3. The zero-order chi connectivity index (χ0) is 21.3. The molecule has 3 aromatic rings. The van der Waals surface area contributed by atoms with E-state index in [0.717, 1.165) is 0 Å². The van der Waals surface area contributed by atoms with Crippen LogP contribution in [0.25, 0.3) is 11.4 Å². The lowest BCUT2D eigenvalue weighted by atomic mass is 10.0. The summed E-state index contributed by atoms with van der Waals surface area (Å²) in [5.41, 5.74) is 8.22. The van der Waals surface area contributed by atoms with Gasteiger partial charge in [-0.3, -0.25) is 4.98 Å². The molecule has 158 valence electrons. The van der Waals surface area contributed by atoms with Crippen molar-refractivity contribution in [3.8, 4) is 11.4 Å². The Morgan fingerprint density at radius 3 is 2.50 bits per heavy atom. The maximum Gasteiger partial charge on any atom is 0.407 e. The number of imidazole rings is 1. The van der Waals surface area contributed by atoms with Crippen LogP contribution in [0.4, 0.5) is 22.0 Å². The van der Waals surface area contributed by atoms with Crippen molar-refractivity contribution < 1.29 is 22.0 Å². The molecule has 0 aliphatic carbocycles. The van der Waals surface area contributed by atoms with Crippen molar-refractivity contribution in [1.29, 1.82) is 0 Å². The van der Waals surface area contributed by atoms with E-state index in [9.17, 15) is 22.0 Å². The van der Waals surface area contributed by atoms with Crippen molar-refractivity contribution >= 4 is 0 Å². The van der Waals surface area contributed by atoms with Gasteiger partial charge >= 0.3 is 6.18 Å². The van der Waals surface area contributed by atoms with Crippen LogP contribution >= 0.6 is 0 Å². The molecule has 1 aromatic carbocycles. The highest BCUT2D eigenvalue weighted by Crippen LogP contribution is 2.32. The number of hydrazine groups is 2. The molecular weight excluding hydrogens is 407 g/mol. The number of aryl methyl sites for hydroxylation is 1. The topological polar surface area (TPSA) is 66.8 Å². The lowest BCUT2D eigenvalue weighted by Crippen LogP contribution is -2.43.